The normalized spacial score (nSPS) is 10.9. The lowest BCUT2D eigenvalue weighted by atomic mass is 10.2. The Morgan fingerprint density at radius 1 is 1.09 bits per heavy atom. The molecule has 10 nitrogen and oxygen atoms in total. The van der Waals surface area contributed by atoms with Gasteiger partial charge in [-0.15, -0.1) is 11.3 Å². The van der Waals surface area contributed by atoms with Crippen molar-refractivity contribution in [2.75, 3.05) is 16.6 Å². The smallest absolute Gasteiger partial charge is 0.340 e. The van der Waals surface area contributed by atoms with Gasteiger partial charge in [0.2, 0.25) is 0 Å². The molecule has 1 aromatic heterocycles. The summed E-state index contributed by atoms with van der Waals surface area (Å²) in [6, 6.07) is 11.1. The molecule has 0 radical (unpaired) electrons. The highest BCUT2D eigenvalue weighted by molar-refractivity contribution is 7.94. The highest BCUT2D eigenvalue weighted by atomic mass is 32.2. The highest BCUT2D eigenvalue weighted by Gasteiger charge is 2.21. The Morgan fingerprint density at radius 3 is 2.53 bits per heavy atom. The van der Waals surface area contributed by atoms with E-state index in [1.165, 1.54) is 30.3 Å². The lowest BCUT2D eigenvalue weighted by molar-refractivity contribution is -0.384. The lowest BCUT2D eigenvalue weighted by Crippen LogP contribution is -2.22. The van der Waals surface area contributed by atoms with E-state index in [-0.39, 0.29) is 21.1 Å². The second kappa shape index (κ2) is 9.53. The van der Waals surface area contributed by atoms with Gasteiger partial charge in [-0.1, -0.05) is 18.2 Å². The van der Waals surface area contributed by atoms with Gasteiger partial charge in [0.25, 0.3) is 21.6 Å². The molecule has 32 heavy (non-hydrogen) atoms. The molecule has 0 unspecified atom stereocenters. The molecule has 0 saturated carbocycles. The number of ether oxygens (including phenoxy) is 1. The Bertz CT molecular complexity index is 1280. The van der Waals surface area contributed by atoms with Gasteiger partial charge in [-0.05, 0) is 35.7 Å². The number of benzene rings is 2. The van der Waals surface area contributed by atoms with Crippen LogP contribution in [-0.2, 0) is 19.6 Å². The number of esters is 1. The minimum atomic E-state index is -3.93. The van der Waals surface area contributed by atoms with Crippen molar-refractivity contribution in [3.05, 3.63) is 81.5 Å². The second-order valence-corrected chi connectivity index (χ2v) is 8.98. The summed E-state index contributed by atoms with van der Waals surface area (Å²) >= 11 is 0.991. The average molecular weight is 479 g/mol. The molecule has 166 valence electrons. The topological polar surface area (TPSA) is 145 Å². The van der Waals surface area contributed by atoms with Gasteiger partial charge < -0.3 is 10.1 Å². The molecule has 0 aliphatic carbocycles. The molecule has 3 aromatic rings. The van der Waals surface area contributed by atoms with Crippen molar-refractivity contribution in [2.45, 2.75) is 4.21 Å². The Balaban J connectivity index is 1.69. The molecule has 0 aliphatic heterocycles. The van der Waals surface area contributed by atoms with Gasteiger partial charge in [0.15, 0.2) is 6.61 Å². The molecule has 0 fully saturated rings. The fraction of sp³-hybridized carbons (Fsp3) is 0.0526. The molecular weight excluding hydrogens is 465 g/mol. The number of sulfonamides is 1. The number of para-hydroxylation sites is 1. The van der Waals surface area contributed by atoms with E-state index < -0.39 is 44.9 Å². The van der Waals surface area contributed by atoms with E-state index in [9.17, 15) is 32.5 Å². The zero-order chi connectivity index (χ0) is 23.3. The molecule has 0 bridgehead atoms. The van der Waals surface area contributed by atoms with Crippen LogP contribution < -0.4 is 10.0 Å². The lowest BCUT2D eigenvalue weighted by Gasteiger charge is -2.12. The molecule has 1 amide bonds. The SMILES string of the molecule is O=C(COC(=O)c1ccccc1NS(=O)(=O)c1cccs1)Nc1ccc(F)cc1[N+](=O)[O-]. The van der Waals surface area contributed by atoms with Crippen LogP contribution in [0.15, 0.2) is 64.2 Å². The van der Waals surface area contributed by atoms with Crippen LogP contribution in [-0.4, -0.2) is 31.8 Å². The minimum absolute atomic E-state index is 0.0425. The van der Waals surface area contributed by atoms with Crippen LogP contribution in [0.25, 0.3) is 0 Å². The van der Waals surface area contributed by atoms with Crippen molar-refractivity contribution in [2.24, 2.45) is 0 Å². The third-order valence-corrected chi connectivity index (χ3v) is 6.68. The predicted molar refractivity (Wildman–Crippen MR) is 114 cm³/mol. The first kappa shape index (κ1) is 22.8. The molecule has 0 atom stereocenters. The summed E-state index contributed by atoms with van der Waals surface area (Å²) in [7, 11) is -3.93. The summed E-state index contributed by atoms with van der Waals surface area (Å²) in [6.45, 7) is -0.820. The van der Waals surface area contributed by atoms with E-state index in [0.29, 0.717) is 6.07 Å². The maximum atomic E-state index is 13.2. The molecule has 13 heteroatoms. The number of amides is 1. The number of hydrogen-bond acceptors (Lipinski definition) is 8. The number of halogens is 1. The summed E-state index contributed by atoms with van der Waals surface area (Å²) in [6.07, 6.45) is 0. The minimum Gasteiger partial charge on any atom is -0.452 e. The number of hydrogen-bond donors (Lipinski definition) is 2. The van der Waals surface area contributed by atoms with Crippen molar-refractivity contribution in [3.8, 4) is 0 Å². The van der Waals surface area contributed by atoms with Crippen molar-refractivity contribution in [1.82, 2.24) is 0 Å². The van der Waals surface area contributed by atoms with Gasteiger partial charge in [0.1, 0.15) is 15.7 Å². The maximum absolute atomic E-state index is 13.2. The number of thiophene rings is 1. The first-order chi connectivity index (χ1) is 15.2. The highest BCUT2D eigenvalue weighted by Crippen LogP contribution is 2.25. The number of rotatable bonds is 8. The average Bonchev–Trinajstić information content (AvgIpc) is 3.29. The van der Waals surface area contributed by atoms with Gasteiger partial charge in [-0.2, -0.15) is 0 Å². The molecule has 3 rings (SSSR count). The zero-order valence-corrected chi connectivity index (χ0v) is 17.6. The Morgan fingerprint density at radius 2 is 1.84 bits per heavy atom. The standard InChI is InChI=1S/C19H14FN3O7S2/c20-12-7-8-15(16(10-12)23(26)27)21-17(24)11-30-19(25)13-4-1-2-5-14(13)22-32(28,29)18-6-3-9-31-18/h1-10,22H,11H2,(H,21,24). The van der Waals surface area contributed by atoms with E-state index in [2.05, 4.69) is 10.0 Å². The van der Waals surface area contributed by atoms with Gasteiger partial charge >= 0.3 is 5.97 Å². The molecule has 0 saturated heterocycles. The van der Waals surface area contributed by atoms with E-state index in [1.54, 1.807) is 11.4 Å². The van der Waals surface area contributed by atoms with E-state index in [1.807, 2.05) is 0 Å². The third kappa shape index (κ3) is 5.44. The number of carbonyl (C=O) groups excluding carboxylic acids is 2. The number of nitrogens with one attached hydrogen (secondary N) is 2. The molecule has 0 spiro atoms. The first-order valence-corrected chi connectivity index (χ1v) is 11.1. The molecule has 2 aromatic carbocycles. The summed E-state index contributed by atoms with van der Waals surface area (Å²) in [5, 5.41) is 14.7. The number of nitro groups is 1. The van der Waals surface area contributed by atoms with E-state index in [4.69, 9.17) is 4.74 Å². The van der Waals surface area contributed by atoms with Gasteiger partial charge in [-0.3, -0.25) is 19.6 Å². The molecule has 2 N–H and O–H groups in total. The number of nitro benzene ring substituents is 1. The predicted octanol–water partition coefficient (Wildman–Crippen LogP) is 3.39. The maximum Gasteiger partial charge on any atom is 0.340 e. The third-order valence-electron chi connectivity index (χ3n) is 3.92. The van der Waals surface area contributed by atoms with Crippen LogP contribution in [0.2, 0.25) is 0 Å². The number of carbonyl (C=O) groups is 2. The Labute approximate surface area is 184 Å². The van der Waals surface area contributed by atoms with Gasteiger partial charge in [0, 0.05) is 0 Å². The zero-order valence-electron chi connectivity index (χ0n) is 16.0. The molecular formula is C19H14FN3O7S2. The van der Waals surface area contributed by atoms with Crippen LogP contribution in [0, 0.1) is 15.9 Å². The fourth-order valence-electron chi connectivity index (χ4n) is 2.52. The molecule has 0 aliphatic rings. The molecule has 1 heterocycles. The van der Waals surface area contributed by atoms with Crippen LogP contribution in [0.1, 0.15) is 10.4 Å². The summed E-state index contributed by atoms with van der Waals surface area (Å²) in [5.41, 5.74) is -1.15. The van der Waals surface area contributed by atoms with Crippen LogP contribution in [0.5, 0.6) is 0 Å². The van der Waals surface area contributed by atoms with Gasteiger partial charge in [-0.25, -0.2) is 17.6 Å². The summed E-state index contributed by atoms with van der Waals surface area (Å²) in [5.74, 6) is -2.77. The summed E-state index contributed by atoms with van der Waals surface area (Å²) in [4.78, 5) is 34.6. The largest absolute Gasteiger partial charge is 0.452 e. The van der Waals surface area contributed by atoms with Crippen LogP contribution in [0.3, 0.4) is 0 Å². The van der Waals surface area contributed by atoms with E-state index in [0.717, 1.165) is 23.5 Å². The van der Waals surface area contributed by atoms with Crippen LogP contribution in [0.4, 0.5) is 21.5 Å². The van der Waals surface area contributed by atoms with Crippen LogP contribution >= 0.6 is 11.3 Å². The van der Waals surface area contributed by atoms with Crippen molar-refractivity contribution >= 4 is 50.3 Å². The quantitative estimate of drug-likeness (QED) is 0.286. The second-order valence-electron chi connectivity index (χ2n) is 6.13. The monoisotopic (exact) mass is 479 g/mol. The van der Waals surface area contributed by atoms with Gasteiger partial charge in [0.05, 0.1) is 22.2 Å². The van der Waals surface area contributed by atoms with Crippen molar-refractivity contribution in [1.29, 1.82) is 0 Å². The first-order valence-electron chi connectivity index (χ1n) is 8.73. The summed E-state index contributed by atoms with van der Waals surface area (Å²) < 4.78 is 45.3. The number of anilines is 2. The number of nitrogens with zero attached hydrogens (tertiary/aromatic N) is 1. The Hall–Kier alpha value is -3.84. The van der Waals surface area contributed by atoms with Crippen molar-refractivity contribution in [3.63, 3.8) is 0 Å². The van der Waals surface area contributed by atoms with E-state index >= 15 is 0 Å². The fourth-order valence-corrected chi connectivity index (χ4v) is 4.59. The Kier molecular flexibility index (Phi) is 6.80. The van der Waals surface area contributed by atoms with Crippen molar-refractivity contribution < 1.29 is 32.1 Å².